The van der Waals surface area contributed by atoms with Crippen LogP contribution in [0.15, 0.2) is 18.2 Å². The van der Waals surface area contributed by atoms with Gasteiger partial charge in [-0.05, 0) is 13.0 Å². The summed E-state index contributed by atoms with van der Waals surface area (Å²) in [6.07, 6.45) is 0. The van der Waals surface area contributed by atoms with Gasteiger partial charge in [0, 0.05) is 19.2 Å². The van der Waals surface area contributed by atoms with Gasteiger partial charge < -0.3 is 5.32 Å². The van der Waals surface area contributed by atoms with Gasteiger partial charge in [-0.2, -0.15) is 9.49 Å². The van der Waals surface area contributed by atoms with Crippen molar-refractivity contribution in [2.45, 2.75) is 6.92 Å². The second-order valence-corrected chi connectivity index (χ2v) is 4.26. The molecule has 2 aromatic rings. The molecule has 0 aliphatic rings. The summed E-state index contributed by atoms with van der Waals surface area (Å²) in [5.74, 6) is -3.62. The first-order chi connectivity index (χ1) is 9.81. The highest BCUT2D eigenvalue weighted by molar-refractivity contribution is 6.04. The van der Waals surface area contributed by atoms with Gasteiger partial charge in [-0.1, -0.05) is 0 Å². The number of carbonyl (C=O) groups is 1. The number of nitro groups is 1. The van der Waals surface area contributed by atoms with Crippen LogP contribution >= 0.6 is 0 Å². The van der Waals surface area contributed by atoms with E-state index in [1.165, 1.54) is 17.8 Å². The van der Waals surface area contributed by atoms with Gasteiger partial charge in [-0.25, -0.2) is 4.39 Å². The van der Waals surface area contributed by atoms with Crippen molar-refractivity contribution in [3.8, 4) is 0 Å². The van der Waals surface area contributed by atoms with E-state index < -0.39 is 33.7 Å². The first-order valence-corrected chi connectivity index (χ1v) is 5.75. The Labute approximate surface area is 117 Å². The summed E-state index contributed by atoms with van der Waals surface area (Å²) in [6.45, 7) is 1.67. The lowest BCUT2D eigenvalue weighted by Crippen LogP contribution is -2.18. The van der Waals surface area contributed by atoms with E-state index in [0.717, 1.165) is 0 Å². The maximum absolute atomic E-state index is 13.9. The van der Waals surface area contributed by atoms with Gasteiger partial charge in [0.2, 0.25) is 5.82 Å². The summed E-state index contributed by atoms with van der Waals surface area (Å²) in [6, 6.07) is 2.82. The van der Waals surface area contributed by atoms with Crippen LogP contribution in [0.5, 0.6) is 0 Å². The Bertz CT molecular complexity index is 742. The van der Waals surface area contributed by atoms with Gasteiger partial charge in [0.1, 0.15) is 17.2 Å². The third-order valence-electron chi connectivity index (χ3n) is 2.74. The number of amides is 1. The summed E-state index contributed by atoms with van der Waals surface area (Å²) in [5.41, 5.74) is -1.39. The molecule has 21 heavy (non-hydrogen) atoms. The summed E-state index contributed by atoms with van der Waals surface area (Å²) >= 11 is 0. The number of nitrogens with one attached hydrogen (secondary N) is 1. The molecule has 0 spiro atoms. The average molecular weight is 296 g/mol. The summed E-state index contributed by atoms with van der Waals surface area (Å²) in [5, 5.41) is 16.8. The van der Waals surface area contributed by atoms with E-state index in [-0.39, 0.29) is 5.82 Å². The number of anilines is 1. The maximum atomic E-state index is 13.9. The minimum atomic E-state index is -1.52. The van der Waals surface area contributed by atoms with Crippen molar-refractivity contribution in [3.63, 3.8) is 0 Å². The van der Waals surface area contributed by atoms with E-state index >= 15 is 0 Å². The fourth-order valence-electron chi connectivity index (χ4n) is 1.80. The third-order valence-corrected chi connectivity index (χ3v) is 2.74. The Morgan fingerprint density at radius 2 is 2.10 bits per heavy atom. The number of benzene rings is 1. The van der Waals surface area contributed by atoms with Gasteiger partial charge in [0.25, 0.3) is 5.91 Å². The number of halogens is 2. The standard InChI is InChI=1S/C12H10F2N4O3/c1-6-5-9(17(2)16-6)15-12(19)10-7(13)3-4-8(11(10)14)18(20)21/h3-5H,1-2H3,(H,15,19). The number of nitro benzene ring substituents is 1. The Balaban J connectivity index is 2.42. The Kier molecular flexibility index (Phi) is 3.66. The zero-order valence-corrected chi connectivity index (χ0v) is 11.1. The molecular weight excluding hydrogens is 286 g/mol. The molecule has 0 fully saturated rings. The van der Waals surface area contributed by atoms with Gasteiger partial charge in [0.15, 0.2) is 0 Å². The summed E-state index contributed by atoms with van der Waals surface area (Å²) < 4.78 is 28.8. The molecule has 1 aromatic heterocycles. The van der Waals surface area contributed by atoms with Crippen molar-refractivity contribution in [1.82, 2.24) is 9.78 Å². The number of carbonyl (C=O) groups excluding carboxylic acids is 1. The van der Waals surface area contributed by atoms with Crippen molar-refractivity contribution in [2.75, 3.05) is 5.32 Å². The highest BCUT2D eigenvalue weighted by Gasteiger charge is 2.26. The second-order valence-electron chi connectivity index (χ2n) is 4.26. The number of aromatic nitrogens is 2. The van der Waals surface area contributed by atoms with Gasteiger partial charge in [-0.3, -0.25) is 19.6 Å². The van der Waals surface area contributed by atoms with Gasteiger partial charge in [-0.15, -0.1) is 0 Å². The molecule has 1 N–H and O–H groups in total. The normalized spacial score (nSPS) is 10.5. The van der Waals surface area contributed by atoms with Crippen molar-refractivity contribution in [2.24, 2.45) is 7.05 Å². The minimum Gasteiger partial charge on any atom is -0.307 e. The molecule has 7 nitrogen and oxygen atoms in total. The first-order valence-electron chi connectivity index (χ1n) is 5.75. The van der Waals surface area contributed by atoms with Gasteiger partial charge in [0.05, 0.1) is 10.6 Å². The lowest BCUT2D eigenvalue weighted by Gasteiger charge is -2.07. The van der Waals surface area contributed by atoms with E-state index in [4.69, 9.17) is 0 Å². The smallest absolute Gasteiger partial charge is 0.305 e. The minimum absolute atomic E-state index is 0.211. The van der Waals surface area contributed by atoms with Crippen LogP contribution < -0.4 is 5.32 Å². The average Bonchev–Trinajstić information content (AvgIpc) is 2.67. The molecule has 1 amide bonds. The van der Waals surface area contributed by atoms with E-state index in [9.17, 15) is 23.7 Å². The van der Waals surface area contributed by atoms with E-state index in [2.05, 4.69) is 10.4 Å². The lowest BCUT2D eigenvalue weighted by molar-refractivity contribution is -0.387. The second kappa shape index (κ2) is 5.27. The fraction of sp³-hybridized carbons (Fsp3) is 0.167. The lowest BCUT2D eigenvalue weighted by atomic mass is 10.1. The van der Waals surface area contributed by atoms with Crippen LogP contribution in [-0.2, 0) is 7.05 Å². The molecule has 1 aromatic carbocycles. The third kappa shape index (κ3) is 2.71. The van der Waals surface area contributed by atoms with Crippen LogP contribution in [0.25, 0.3) is 0 Å². The molecule has 2 rings (SSSR count). The van der Waals surface area contributed by atoms with Crippen molar-refractivity contribution >= 4 is 17.4 Å². The van der Waals surface area contributed by atoms with Crippen LogP contribution in [0.1, 0.15) is 16.1 Å². The molecule has 0 atom stereocenters. The highest BCUT2D eigenvalue weighted by atomic mass is 19.1. The van der Waals surface area contributed by atoms with E-state index in [1.807, 2.05) is 0 Å². The molecule has 0 aliphatic carbocycles. The molecular formula is C12H10F2N4O3. The molecule has 0 aliphatic heterocycles. The summed E-state index contributed by atoms with van der Waals surface area (Å²) in [4.78, 5) is 21.5. The Hall–Kier alpha value is -2.84. The fourth-order valence-corrected chi connectivity index (χ4v) is 1.80. The topological polar surface area (TPSA) is 90.1 Å². The maximum Gasteiger partial charge on any atom is 0.305 e. The molecule has 0 saturated heterocycles. The van der Waals surface area contributed by atoms with Gasteiger partial charge >= 0.3 is 5.69 Å². The number of hydrogen-bond acceptors (Lipinski definition) is 4. The quantitative estimate of drug-likeness (QED) is 0.694. The monoisotopic (exact) mass is 296 g/mol. The molecule has 1 heterocycles. The molecule has 9 heteroatoms. The van der Waals surface area contributed by atoms with Crippen LogP contribution in [0.4, 0.5) is 20.3 Å². The summed E-state index contributed by atoms with van der Waals surface area (Å²) in [7, 11) is 1.53. The molecule has 110 valence electrons. The Morgan fingerprint density at radius 3 is 2.62 bits per heavy atom. The zero-order chi connectivity index (χ0) is 15.7. The van der Waals surface area contributed by atoms with E-state index in [1.54, 1.807) is 6.92 Å². The number of hydrogen-bond donors (Lipinski definition) is 1. The SMILES string of the molecule is Cc1cc(NC(=O)c2c(F)ccc([N+](=O)[O-])c2F)n(C)n1. The zero-order valence-electron chi connectivity index (χ0n) is 11.1. The van der Waals surface area contributed by atoms with Crippen molar-refractivity contribution in [1.29, 1.82) is 0 Å². The number of nitrogens with zero attached hydrogens (tertiary/aromatic N) is 3. The first kappa shape index (κ1) is 14.6. The van der Waals surface area contributed by atoms with E-state index in [0.29, 0.717) is 17.8 Å². The predicted molar refractivity (Wildman–Crippen MR) is 68.9 cm³/mol. The Morgan fingerprint density at radius 1 is 1.43 bits per heavy atom. The molecule has 0 unspecified atom stereocenters. The van der Waals surface area contributed by atoms with Crippen LogP contribution in [0, 0.1) is 28.7 Å². The van der Waals surface area contributed by atoms with Crippen LogP contribution in [0.3, 0.4) is 0 Å². The van der Waals surface area contributed by atoms with Crippen molar-refractivity contribution in [3.05, 3.63) is 51.2 Å². The molecule has 0 saturated carbocycles. The molecule has 0 radical (unpaired) electrons. The predicted octanol–water partition coefficient (Wildman–Crippen LogP) is 2.17. The number of rotatable bonds is 3. The molecule has 0 bridgehead atoms. The van der Waals surface area contributed by atoms with Crippen LogP contribution in [-0.4, -0.2) is 20.6 Å². The van der Waals surface area contributed by atoms with Crippen molar-refractivity contribution < 1.29 is 18.5 Å². The highest BCUT2D eigenvalue weighted by Crippen LogP contribution is 2.24. The number of aryl methyl sites for hydroxylation is 2. The largest absolute Gasteiger partial charge is 0.307 e. The van der Waals surface area contributed by atoms with Crippen LogP contribution in [0.2, 0.25) is 0 Å².